The van der Waals surface area contributed by atoms with Crippen molar-refractivity contribution in [3.8, 4) is 0 Å². The Morgan fingerprint density at radius 3 is 2.35 bits per heavy atom. The van der Waals surface area contributed by atoms with Crippen LogP contribution in [0.3, 0.4) is 0 Å². The van der Waals surface area contributed by atoms with Crippen molar-refractivity contribution in [3.63, 3.8) is 0 Å². The topological polar surface area (TPSA) is 33.1 Å². The summed E-state index contributed by atoms with van der Waals surface area (Å²) in [7, 11) is 0. The Balaban J connectivity index is 2.21. The molecule has 1 aromatic carbocycles. The van der Waals surface area contributed by atoms with Crippen LogP contribution in [0.4, 0.5) is 13.2 Å². The molecule has 1 heterocycles. The van der Waals surface area contributed by atoms with Gasteiger partial charge in [0.1, 0.15) is 5.60 Å². The van der Waals surface area contributed by atoms with Gasteiger partial charge in [0.2, 0.25) is 0 Å². The molecule has 2 rings (SSSR count). The predicted octanol–water partition coefficient (Wildman–Crippen LogP) is 4.27. The molecule has 0 aliphatic carbocycles. The summed E-state index contributed by atoms with van der Waals surface area (Å²) >= 11 is 6.21. The molecule has 0 saturated carbocycles. The average molecular weight is 322 g/mol. The first-order valence-corrected chi connectivity index (χ1v) is 6.88. The molecule has 0 aliphatic heterocycles. The van der Waals surface area contributed by atoms with E-state index in [0.29, 0.717) is 16.4 Å². The van der Waals surface area contributed by atoms with Crippen LogP contribution in [-0.2, 0) is 18.2 Å². The van der Waals surface area contributed by atoms with Gasteiger partial charge in [0.15, 0.2) is 5.01 Å². The molecule has 1 aromatic heterocycles. The van der Waals surface area contributed by atoms with Crippen LogP contribution in [-0.4, -0.2) is 10.1 Å². The lowest BCUT2D eigenvalue weighted by Gasteiger charge is -2.21. The van der Waals surface area contributed by atoms with E-state index < -0.39 is 16.8 Å². The van der Waals surface area contributed by atoms with Crippen LogP contribution in [0.25, 0.3) is 0 Å². The maximum atomic E-state index is 12.5. The lowest BCUT2D eigenvalue weighted by molar-refractivity contribution is -0.137. The summed E-state index contributed by atoms with van der Waals surface area (Å²) in [6, 6.07) is 6.78. The van der Waals surface area contributed by atoms with Crippen LogP contribution in [0.1, 0.15) is 22.4 Å². The standard InChI is InChI=1S/C13H11ClF3NOS/c1-12(19,6-8-2-4-9(14)5-3-8)10-7-18-11(20-10)13(15,16)17/h2-5,7,19H,6H2,1H3. The second-order valence-corrected chi connectivity index (χ2v) is 6.07. The third-order valence-corrected chi connectivity index (χ3v) is 4.29. The molecule has 108 valence electrons. The van der Waals surface area contributed by atoms with Gasteiger partial charge in [0.25, 0.3) is 0 Å². The first-order chi connectivity index (χ1) is 9.18. The highest BCUT2D eigenvalue weighted by molar-refractivity contribution is 7.11. The van der Waals surface area contributed by atoms with Gasteiger partial charge in [-0.25, -0.2) is 4.98 Å². The third-order valence-electron chi connectivity index (χ3n) is 2.74. The Morgan fingerprint density at radius 2 is 1.85 bits per heavy atom. The first kappa shape index (κ1) is 15.3. The summed E-state index contributed by atoms with van der Waals surface area (Å²) in [5.74, 6) is 0. The highest BCUT2D eigenvalue weighted by atomic mass is 35.5. The monoisotopic (exact) mass is 321 g/mol. The molecule has 0 spiro atoms. The van der Waals surface area contributed by atoms with Crippen LogP contribution in [0.2, 0.25) is 5.02 Å². The maximum Gasteiger partial charge on any atom is 0.443 e. The number of hydrogen-bond donors (Lipinski definition) is 1. The minimum absolute atomic E-state index is 0.180. The van der Waals surface area contributed by atoms with Gasteiger partial charge in [-0.05, 0) is 24.6 Å². The lowest BCUT2D eigenvalue weighted by atomic mass is 9.95. The Hall–Kier alpha value is -1.11. The van der Waals surface area contributed by atoms with E-state index in [1.165, 1.54) is 6.92 Å². The van der Waals surface area contributed by atoms with Gasteiger partial charge in [-0.1, -0.05) is 23.7 Å². The van der Waals surface area contributed by atoms with E-state index in [0.717, 1.165) is 11.8 Å². The van der Waals surface area contributed by atoms with Crippen molar-refractivity contribution < 1.29 is 18.3 Å². The number of benzene rings is 1. The fourth-order valence-electron chi connectivity index (χ4n) is 1.74. The van der Waals surface area contributed by atoms with Crippen molar-refractivity contribution in [2.24, 2.45) is 0 Å². The van der Waals surface area contributed by atoms with E-state index in [9.17, 15) is 18.3 Å². The van der Waals surface area contributed by atoms with Crippen LogP contribution >= 0.6 is 22.9 Å². The number of nitrogens with zero attached hydrogens (tertiary/aromatic N) is 1. The number of aromatic nitrogens is 1. The molecule has 0 radical (unpaired) electrons. The third kappa shape index (κ3) is 3.50. The highest BCUT2D eigenvalue weighted by Gasteiger charge is 2.37. The number of hydrogen-bond acceptors (Lipinski definition) is 3. The number of alkyl halides is 3. The first-order valence-electron chi connectivity index (χ1n) is 5.69. The smallest absolute Gasteiger partial charge is 0.384 e. The van der Waals surface area contributed by atoms with Crippen molar-refractivity contribution in [1.82, 2.24) is 4.98 Å². The number of thiazole rings is 1. The summed E-state index contributed by atoms with van der Waals surface area (Å²) < 4.78 is 37.5. The molecule has 1 unspecified atom stereocenters. The Kier molecular flexibility index (Phi) is 4.09. The number of halogens is 4. The molecule has 1 atom stereocenters. The van der Waals surface area contributed by atoms with Gasteiger partial charge in [-0.3, -0.25) is 0 Å². The largest absolute Gasteiger partial charge is 0.443 e. The highest BCUT2D eigenvalue weighted by Crippen LogP contribution is 2.37. The molecular weight excluding hydrogens is 311 g/mol. The van der Waals surface area contributed by atoms with Crippen molar-refractivity contribution >= 4 is 22.9 Å². The van der Waals surface area contributed by atoms with Gasteiger partial charge >= 0.3 is 6.18 Å². The van der Waals surface area contributed by atoms with Crippen LogP contribution in [0.15, 0.2) is 30.5 Å². The quantitative estimate of drug-likeness (QED) is 0.916. The van der Waals surface area contributed by atoms with Gasteiger partial charge in [0, 0.05) is 17.6 Å². The van der Waals surface area contributed by atoms with E-state index in [1.807, 2.05) is 0 Å². The van der Waals surface area contributed by atoms with E-state index in [2.05, 4.69) is 4.98 Å². The molecule has 0 amide bonds. The molecule has 0 bridgehead atoms. The summed E-state index contributed by atoms with van der Waals surface area (Å²) in [6.45, 7) is 1.47. The van der Waals surface area contributed by atoms with Crippen LogP contribution in [0, 0.1) is 0 Å². The van der Waals surface area contributed by atoms with Crippen molar-refractivity contribution in [2.45, 2.75) is 25.1 Å². The van der Waals surface area contributed by atoms with E-state index in [4.69, 9.17) is 11.6 Å². The molecule has 2 nitrogen and oxygen atoms in total. The lowest BCUT2D eigenvalue weighted by Crippen LogP contribution is -2.22. The summed E-state index contributed by atoms with van der Waals surface area (Å²) in [6.07, 6.45) is -3.23. The summed E-state index contributed by atoms with van der Waals surface area (Å²) in [5.41, 5.74) is -0.629. The second-order valence-electron chi connectivity index (χ2n) is 4.60. The van der Waals surface area contributed by atoms with Crippen molar-refractivity contribution in [2.75, 3.05) is 0 Å². The zero-order valence-electron chi connectivity index (χ0n) is 10.4. The van der Waals surface area contributed by atoms with E-state index >= 15 is 0 Å². The van der Waals surface area contributed by atoms with E-state index in [-0.39, 0.29) is 11.3 Å². The van der Waals surface area contributed by atoms with Crippen molar-refractivity contribution in [1.29, 1.82) is 0 Å². The Labute approximate surface area is 122 Å². The molecule has 2 aromatic rings. The predicted molar refractivity (Wildman–Crippen MR) is 71.8 cm³/mol. The molecular formula is C13H11ClF3NOS. The minimum Gasteiger partial charge on any atom is -0.384 e. The summed E-state index contributed by atoms with van der Waals surface area (Å²) in [5, 5.41) is 9.96. The summed E-state index contributed by atoms with van der Waals surface area (Å²) in [4.78, 5) is 3.50. The molecule has 7 heteroatoms. The van der Waals surface area contributed by atoms with Gasteiger partial charge in [-0.2, -0.15) is 13.2 Å². The van der Waals surface area contributed by atoms with E-state index in [1.54, 1.807) is 24.3 Å². The molecule has 20 heavy (non-hydrogen) atoms. The Morgan fingerprint density at radius 1 is 1.25 bits per heavy atom. The van der Waals surface area contributed by atoms with Crippen LogP contribution in [0.5, 0.6) is 0 Å². The zero-order chi connectivity index (χ0) is 15.0. The molecule has 0 aliphatic rings. The fourth-order valence-corrected chi connectivity index (χ4v) is 2.69. The SMILES string of the molecule is CC(O)(Cc1ccc(Cl)cc1)c1cnc(C(F)(F)F)s1. The maximum absolute atomic E-state index is 12.5. The molecule has 1 N–H and O–H groups in total. The second kappa shape index (κ2) is 5.35. The van der Waals surface area contributed by atoms with Crippen LogP contribution < -0.4 is 0 Å². The Bertz CT molecular complexity index is 592. The fraction of sp³-hybridized carbons (Fsp3) is 0.308. The zero-order valence-corrected chi connectivity index (χ0v) is 12.0. The normalized spacial score (nSPS) is 15.1. The molecule has 0 saturated heterocycles. The number of rotatable bonds is 3. The van der Waals surface area contributed by atoms with Gasteiger partial charge in [0.05, 0.1) is 4.88 Å². The number of aliphatic hydroxyl groups is 1. The van der Waals surface area contributed by atoms with Crippen molar-refractivity contribution in [3.05, 3.63) is 50.9 Å². The van der Waals surface area contributed by atoms with Gasteiger partial charge < -0.3 is 5.11 Å². The average Bonchev–Trinajstić information content (AvgIpc) is 2.82. The van der Waals surface area contributed by atoms with Gasteiger partial charge in [-0.15, -0.1) is 11.3 Å². The minimum atomic E-state index is -4.49. The molecule has 0 fully saturated rings.